The maximum Gasteiger partial charge on any atom is 0.274 e. The molecule has 0 unspecified atom stereocenters. The van der Waals surface area contributed by atoms with Gasteiger partial charge >= 0.3 is 0 Å². The predicted molar refractivity (Wildman–Crippen MR) is 75.9 cm³/mol. The zero-order valence-corrected chi connectivity index (χ0v) is 10.8. The molecule has 5 nitrogen and oxygen atoms in total. The van der Waals surface area contributed by atoms with Crippen LogP contribution in [0.15, 0.2) is 58.1 Å². The number of aromatic nitrogens is 1. The molecule has 2 heterocycles. The van der Waals surface area contributed by atoms with Crippen LogP contribution >= 0.6 is 0 Å². The predicted octanol–water partition coefficient (Wildman–Crippen LogP) is 2.38. The van der Waals surface area contributed by atoms with E-state index in [1.807, 2.05) is 12.1 Å². The number of rotatable bonds is 2. The van der Waals surface area contributed by atoms with Crippen LogP contribution in [0.5, 0.6) is 0 Å². The van der Waals surface area contributed by atoms with Crippen LogP contribution < -0.4 is 10.9 Å². The van der Waals surface area contributed by atoms with Crippen LogP contribution in [0.3, 0.4) is 0 Å². The molecule has 1 amide bonds. The largest absolute Gasteiger partial charge is 0.463 e. The Bertz CT molecular complexity index is 845. The van der Waals surface area contributed by atoms with Crippen LogP contribution in [0, 0.1) is 0 Å². The van der Waals surface area contributed by atoms with Crippen molar-refractivity contribution in [1.29, 1.82) is 0 Å². The van der Waals surface area contributed by atoms with Gasteiger partial charge in [-0.2, -0.15) is 0 Å². The number of nitrogens with zero attached hydrogens (tertiary/aromatic N) is 1. The number of amides is 1. The molecule has 0 spiro atoms. The summed E-state index contributed by atoms with van der Waals surface area (Å²) in [5.74, 6) is -0.363. The molecular formula is C15H12N2O3. The molecule has 0 aliphatic heterocycles. The number of hydrogen-bond acceptors (Lipinski definition) is 3. The Balaban J connectivity index is 1.97. The zero-order chi connectivity index (χ0) is 14.1. The van der Waals surface area contributed by atoms with Crippen molar-refractivity contribution in [3.05, 3.63) is 64.8 Å². The third kappa shape index (κ3) is 1.99. The highest BCUT2D eigenvalue weighted by Crippen LogP contribution is 2.21. The van der Waals surface area contributed by atoms with Gasteiger partial charge in [-0.1, -0.05) is 18.2 Å². The van der Waals surface area contributed by atoms with Crippen LogP contribution in [0.2, 0.25) is 0 Å². The summed E-state index contributed by atoms with van der Waals surface area (Å²) < 4.78 is 6.72. The molecule has 1 N–H and O–H groups in total. The first-order valence-electron chi connectivity index (χ1n) is 6.10. The van der Waals surface area contributed by atoms with Crippen molar-refractivity contribution in [2.75, 3.05) is 5.32 Å². The van der Waals surface area contributed by atoms with Crippen LogP contribution in [-0.2, 0) is 7.05 Å². The van der Waals surface area contributed by atoms with E-state index in [1.54, 1.807) is 37.5 Å². The molecule has 0 atom stereocenters. The van der Waals surface area contributed by atoms with Crippen molar-refractivity contribution in [1.82, 2.24) is 4.57 Å². The highest BCUT2D eigenvalue weighted by molar-refractivity contribution is 6.12. The first-order valence-corrected chi connectivity index (χ1v) is 6.10. The summed E-state index contributed by atoms with van der Waals surface area (Å²) in [6.07, 6.45) is 3.03. The fourth-order valence-electron chi connectivity index (χ4n) is 2.04. The lowest BCUT2D eigenvalue weighted by Crippen LogP contribution is -2.23. The molecule has 0 aliphatic carbocycles. The van der Waals surface area contributed by atoms with E-state index >= 15 is 0 Å². The molecule has 3 rings (SSSR count). The van der Waals surface area contributed by atoms with E-state index in [0.29, 0.717) is 11.1 Å². The average molecular weight is 268 g/mol. The molecule has 0 fully saturated rings. The van der Waals surface area contributed by atoms with Gasteiger partial charge in [-0.05, 0) is 18.2 Å². The minimum Gasteiger partial charge on any atom is -0.463 e. The van der Waals surface area contributed by atoms with Crippen molar-refractivity contribution >= 4 is 22.6 Å². The summed E-state index contributed by atoms with van der Waals surface area (Å²) >= 11 is 0. The summed E-state index contributed by atoms with van der Waals surface area (Å²) in [5, 5.41) is 3.33. The van der Waals surface area contributed by atoms with E-state index in [-0.39, 0.29) is 17.2 Å². The Hall–Kier alpha value is -2.82. The van der Waals surface area contributed by atoms with Crippen molar-refractivity contribution in [3.8, 4) is 0 Å². The minimum atomic E-state index is -0.363. The van der Waals surface area contributed by atoms with Crippen molar-refractivity contribution in [2.45, 2.75) is 0 Å². The number of nitrogens with one attached hydrogen (secondary N) is 1. The second-order valence-electron chi connectivity index (χ2n) is 4.44. The number of benzene rings is 1. The fourth-order valence-corrected chi connectivity index (χ4v) is 2.04. The number of carbonyl (C=O) groups is 1. The van der Waals surface area contributed by atoms with Gasteiger partial charge in [0, 0.05) is 18.6 Å². The third-order valence-corrected chi connectivity index (χ3v) is 3.10. The average Bonchev–Trinajstić information content (AvgIpc) is 2.88. The first kappa shape index (κ1) is 12.2. The number of fused-ring (bicyclic) bond motifs is 1. The fraction of sp³-hybridized carbons (Fsp3) is 0.0667. The van der Waals surface area contributed by atoms with Crippen molar-refractivity contribution in [2.24, 2.45) is 7.05 Å². The van der Waals surface area contributed by atoms with Gasteiger partial charge in [0.1, 0.15) is 17.5 Å². The monoisotopic (exact) mass is 268 g/mol. The molecule has 0 saturated heterocycles. The van der Waals surface area contributed by atoms with Gasteiger partial charge in [-0.25, -0.2) is 0 Å². The minimum absolute atomic E-state index is 0.241. The summed E-state index contributed by atoms with van der Waals surface area (Å²) in [7, 11) is 1.63. The normalized spacial score (nSPS) is 10.7. The highest BCUT2D eigenvalue weighted by Gasteiger charge is 2.14. The number of carbonyl (C=O) groups excluding carboxylic acids is 1. The smallest absolute Gasteiger partial charge is 0.274 e. The lowest BCUT2D eigenvalue weighted by Gasteiger charge is -2.04. The number of aryl methyl sites for hydroxylation is 1. The molecule has 1 aromatic carbocycles. The third-order valence-electron chi connectivity index (χ3n) is 3.10. The zero-order valence-electron chi connectivity index (χ0n) is 10.8. The van der Waals surface area contributed by atoms with Gasteiger partial charge in [-0.15, -0.1) is 0 Å². The number of furan rings is 1. The van der Waals surface area contributed by atoms with Crippen molar-refractivity contribution in [3.63, 3.8) is 0 Å². The van der Waals surface area contributed by atoms with E-state index in [4.69, 9.17) is 4.42 Å². The Morgan fingerprint density at radius 3 is 2.85 bits per heavy atom. The van der Waals surface area contributed by atoms with Crippen LogP contribution in [0.1, 0.15) is 10.4 Å². The molecule has 0 bridgehead atoms. The second kappa shape index (κ2) is 4.70. The Kier molecular flexibility index (Phi) is 2.87. The molecule has 0 radical (unpaired) electrons. The number of anilines is 1. The molecule has 3 aromatic rings. The van der Waals surface area contributed by atoms with Gasteiger partial charge in [0.2, 0.25) is 0 Å². The van der Waals surface area contributed by atoms with E-state index in [0.717, 1.165) is 5.39 Å². The number of pyridine rings is 1. The van der Waals surface area contributed by atoms with Gasteiger partial charge in [0.05, 0.1) is 5.56 Å². The summed E-state index contributed by atoms with van der Waals surface area (Å²) in [6.45, 7) is 0. The SMILES string of the molecule is Cn1cccc(NC(=O)c2coc3ccccc23)c1=O. The maximum absolute atomic E-state index is 12.2. The summed E-state index contributed by atoms with van der Waals surface area (Å²) in [6, 6.07) is 10.5. The second-order valence-corrected chi connectivity index (χ2v) is 4.44. The van der Waals surface area contributed by atoms with E-state index in [9.17, 15) is 9.59 Å². The molecule has 0 aliphatic rings. The van der Waals surface area contributed by atoms with Crippen molar-refractivity contribution < 1.29 is 9.21 Å². The quantitative estimate of drug-likeness (QED) is 0.776. The van der Waals surface area contributed by atoms with E-state index in [2.05, 4.69) is 5.32 Å². The lowest BCUT2D eigenvalue weighted by molar-refractivity contribution is 0.102. The van der Waals surface area contributed by atoms with Crippen LogP contribution in [0.25, 0.3) is 11.0 Å². The Morgan fingerprint density at radius 2 is 2.00 bits per heavy atom. The van der Waals surface area contributed by atoms with E-state index in [1.165, 1.54) is 10.8 Å². The topological polar surface area (TPSA) is 64.2 Å². The maximum atomic E-state index is 12.2. The lowest BCUT2D eigenvalue weighted by atomic mass is 10.1. The number of para-hydroxylation sites is 1. The summed E-state index contributed by atoms with van der Waals surface area (Å²) in [5.41, 5.74) is 1.03. The molecule has 5 heteroatoms. The van der Waals surface area contributed by atoms with Gasteiger partial charge in [-0.3, -0.25) is 9.59 Å². The standard InChI is InChI=1S/C15H12N2O3/c1-17-8-4-6-12(15(17)19)16-14(18)11-9-20-13-7-3-2-5-10(11)13/h2-9H,1H3,(H,16,18). The summed E-state index contributed by atoms with van der Waals surface area (Å²) in [4.78, 5) is 24.1. The Morgan fingerprint density at radius 1 is 1.20 bits per heavy atom. The van der Waals surface area contributed by atoms with Crippen LogP contribution in [-0.4, -0.2) is 10.5 Å². The van der Waals surface area contributed by atoms with E-state index < -0.39 is 0 Å². The molecular weight excluding hydrogens is 256 g/mol. The highest BCUT2D eigenvalue weighted by atomic mass is 16.3. The molecule has 2 aromatic heterocycles. The first-order chi connectivity index (χ1) is 9.66. The molecule has 0 saturated carbocycles. The molecule has 20 heavy (non-hydrogen) atoms. The molecule has 100 valence electrons. The van der Waals surface area contributed by atoms with Gasteiger partial charge < -0.3 is 14.3 Å². The number of hydrogen-bond donors (Lipinski definition) is 1. The van der Waals surface area contributed by atoms with Gasteiger partial charge in [0.15, 0.2) is 0 Å². The van der Waals surface area contributed by atoms with Gasteiger partial charge in [0.25, 0.3) is 11.5 Å². The Labute approximate surface area is 114 Å². The van der Waals surface area contributed by atoms with Crippen LogP contribution in [0.4, 0.5) is 5.69 Å².